The number of hydrogen-bond donors (Lipinski definition) is 2. The topological polar surface area (TPSA) is 94.1 Å². The summed E-state index contributed by atoms with van der Waals surface area (Å²) in [5.41, 5.74) is 1.42. The molecule has 30 heavy (non-hydrogen) atoms. The van der Waals surface area contributed by atoms with E-state index in [1.807, 2.05) is 19.1 Å². The summed E-state index contributed by atoms with van der Waals surface area (Å²) >= 11 is 5.99. The zero-order valence-corrected chi connectivity index (χ0v) is 17.5. The number of aliphatic hydroxyl groups is 1. The van der Waals surface area contributed by atoms with Gasteiger partial charge in [0.05, 0.1) is 6.61 Å². The first-order valence-corrected chi connectivity index (χ1v) is 10.0. The summed E-state index contributed by atoms with van der Waals surface area (Å²) in [4.78, 5) is 23.3. The number of esters is 2. The summed E-state index contributed by atoms with van der Waals surface area (Å²) in [5, 5.41) is 14.4. The average molecular weight is 434 g/mol. The molecule has 1 saturated heterocycles. The molecule has 3 unspecified atom stereocenters. The largest absolute Gasteiger partial charge is 0.482 e. The fourth-order valence-corrected chi connectivity index (χ4v) is 3.44. The minimum Gasteiger partial charge on any atom is -0.482 e. The number of halogens is 1. The van der Waals surface area contributed by atoms with Crippen molar-refractivity contribution in [1.29, 1.82) is 0 Å². The van der Waals surface area contributed by atoms with Gasteiger partial charge in [0, 0.05) is 16.6 Å². The zero-order chi connectivity index (χ0) is 21.7. The van der Waals surface area contributed by atoms with E-state index in [1.54, 1.807) is 43.3 Å². The maximum atomic E-state index is 12.0. The van der Waals surface area contributed by atoms with E-state index in [0.717, 1.165) is 5.56 Å². The predicted octanol–water partition coefficient (Wildman–Crippen LogP) is 2.57. The van der Waals surface area contributed by atoms with Crippen molar-refractivity contribution in [2.24, 2.45) is 0 Å². The number of ether oxygens (including phenoxy) is 3. The van der Waals surface area contributed by atoms with Crippen molar-refractivity contribution in [2.75, 3.05) is 13.2 Å². The van der Waals surface area contributed by atoms with Crippen molar-refractivity contribution in [3.8, 4) is 5.75 Å². The molecule has 0 spiro atoms. The van der Waals surface area contributed by atoms with Crippen molar-refractivity contribution in [3.05, 3.63) is 64.7 Å². The van der Waals surface area contributed by atoms with Crippen molar-refractivity contribution >= 4 is 23.5 Å². The highest BCUT2D eigenvalue weighted by Crippen LogP contribution is 2.37. The van der Waals surface area contributed by atoms with Crippen molar-refractivity contribution in [1.82, 2.24) is 5.32 Å². The third-order valence-corrected chi connectivity index (χ3v) is 4.93. The molecule has 2 N–H and O–H groups in total. The molecule has 0 aromatic heterocycles. The lowest BCUT2D eigenvalue weighted by Gasteiger charge is -2.44. The van der Waals surface area contributed by atoms with Crippen LogP contribution in [0.4, 0.5) is 0 Å². The van der Waals surface area contributed by atoms with Gasteiger partial charge in [-0.2, -0.15) is 0 Å². The van der Waals surface area contributed by atoms with E-state index >= 15 is 0 Å². The highest BCUT2D eigenvalue weighted by atomic mass is 35.5. The van der Waals surface area contributed by atoms with Crippen LogP contribution in [-0.4, -0.2) is 42.3 Å². The fraction of sp³-hybridized carbons (Fsp3) is 0.364. The number of cyclic esters (lactones) is 1. The van der Waals surface area contributed by atoms with E-state index < -0.39 is 23.8 Å². The Balaban J connectivity index is 1.56. The average Bonchev–Trinajstić information content (AvgIpc) is 2.72. The Morgan fingerprint density at radius 2 is 2.03 bits per heavy atom. The standard InChI is InChI=1S/C22H24ClNO6/c1-3-28-19(25)13-29-18-9-7-15(8-10-18)11-14(2)24-20-21(26)30-22(20,27)16-5-4-6-17(23)12-16/h4-10,12,14,20,24,27H,3,11,13H2,1-2H3. The van der Waals surface area contributed by atoms with Crippen LogP contribution >= 0.6 is 11.6 Å². The van der Waals surface area contributed by atoms with Gasteiger partial charge in [0.1, 0.15) is 5.75 Å². The summed E-state index contributed by atoms with van der Waals surface area (Å²) in [6.45, 7) is 3.82. The van der Waals surface area contributed by atoms with Crippen LogP contribution in [0.15, 0.2) is 48.5 Å². The van der Waals surface area contributed by atoms with Gasteiger partial charge in [-0.1, -0.05) is 35.9 Å². The maximum absolute atomic E-state index is 12.0. The van der Waals surface area contributed by atoms with Crippen molar-refractivity contribution in [2.45, 2.75) is 38.1 Å². The first-order valence-electron chi connectivity index (χ1n) is 9.66. The lowest BCUT2D eigenvalue weighted by Crippen LogP contribution is -2.67. The quantitative estimate of drug-likeness (QED) is 0.587. The molecule has 1 aliphatic rings. The van der Waals surface area contributed by atoms with Gasteiger partial charge in [0.25, 0.3) is 5.79 Å². The van der Waals surface area contributed by atoms with Crippen LogP contribution in [0.3, 0.4) is 0 Å². The molecule has 0 aliphatic carbocycles. The molecule has 3 atom stereocenters. The second-order valence-electron chi connectivity index (χ2n) is 7.07. The predicted molar refractivity (Wildman–Crippen MR) is 110 cm³/mol. The summed E-state index contributed by atoms with van der Waals surface area (Å²) in [6, 6.07) is 12.9. The third-order valence-electron chi connectivity index (χ3n) is 4.70. The first kappa shape index (κ1) is 22.1. The first-order chi connectivity index (χ1) is 14.3. The van der Waals surface area contributed by atoms with Crippen LogP contribution < -0.4 is 10.1 Å². The third kappa shape index (κ3) is 5.11. The molecule has 8 heteroatoms. The van der Waals surface area contributed by atoms with E-state index in [4.69, 9.17) is 25.8 Å². The highest BCUT2D eigenvalue weighted by molar-refractivity contribution is 6.30. The van der Waals surface area contributed by atoms with Crippen LogP contribution in [0.1, 0.15) is 25.0 Å². The number of carbonyl (C=O) groups is 2. The van der Waals surface area contributed by atoms with Crippen LogP contribution in [-0.2, 0) is 31.3 Å². The van der Waals surface area contributed by atoms with Crippen molar-refractivity contribution < 1.29 is 28.9 Å². The SMILES string of the molecule is CCOC(=O)COc1ccc(CC(C)NC2C(=O)OC2(O)c2cccc(Cl)c2)cc1. The molecular weight excluding hydrogens is 410 g/mol. The van der Waals surface area contributed by atoms with Gasteiger partial charge in [-0.25, -0.2) is 9.59 Å². The molecule has 1 heterocycles. The van der Waals surface area contributed by atoms with E-state index in [1.165, 1.54) is 0 Å². The van der Waals surface area contributed by atoms with Gasteiger partial charge in [-0.15, -0.1) is 0 Å². The number of nitrogens with one attached hydrogen (secondary N) is 1. The molecule has 160 valence electrons. The summed E-state index contributed by atoms with van der Waals surface area (Å²) in [7, 11) is 0. The molecule has 7 nitrogen and oxygen atoms in total. The molecule has 2 aromatic rings. The van der Waals surface area contributed by atoms with Gasteiger partial charge in [0.2, 0.25) is 0 Å². The Hall–Kier alpha value is -2.61. The van der Waals surface area contributed by atoms with Crippen LogP contribution in [0.2, 0.25) is 5.02 Å². The van der Waals surface area contributed by atoms with Gasteiger partial charge in [-0.05, 0) is 50.1 Å². The zero-order valence-electron chi connectivity index (χ0n) is 16.8. The van der Waals surface area contributed by atoms with Crippen molar-refractivity contribution in [3.63, 3.8) is 0 Å². The molecular formula is C22H24ClNO6. The molecule has 0 saturated carbocycles. The van der Waals surface area contributed by atoms with Crippen LogP contribution in [0, 0.1) is 0 Å². The molecule has 3 rings (SSSR count). The van der Waals surface area contributed by atoms with Gasteiger partial charge < -0.3 is 19.3 Å². The van der Waals surface area contributed by atoms with Gasteiger partial charge in [-0.3, -0.25) is 5.32 Å². The summed E-state index contributed by atoms with van der Waals surface area (Å²) in [6.07, 6.45) is 0.605. The number of rotatable bonds is 9. The molecule has 0 amide bonds. The highest BCUT2D eigenvalue weighted by Gasteiger charge is 2.57. The minimum atomic E-state index is -1.75. The lowest BCUT2D eigenvalue weighted by atomic mass is 9.91. The fourth-order valence-electron chi connectivity index (χ4n) is 3.25. The Morgan fingerprint density at radius 3 is 2.67 bits per heavy atom. The lowest BCUT2D eigenvalue weighted by molar-refractivity contribution is -0.281. The van der Waals surface area contributed by atoms with E-state index in [2.05, 4.69) is 5.32 Å². The van der Waals surface area contributed by atoms with Gasteiger partial charge in [0.15, 0.2) is 12.6 Å². The molecule has 0 radical (unpaired) electrons. The normalized spacial score (nSPS) is 21.3. The second kappa shape index (κ2) is 9.47. The summed E-state index contributed by atoms with van der Waals surface area (Å²) < 4.78 is 15.2. The van der Waals surface area contributed by atoms with Crippen LogP contribution in [0.25, 0.3) is 0 Å². The van der Waals surface area contributed by atoms with E-state index in [9.17, 15) is 14.7 Å². The monoisotopic (exact) mass is 433 g/mol. The maximum Gasteiger partial charge on any atom is 0.344 e. The number of carbonyl (C=O) groups excluding carboxylic acids is 2. The Morgan fingerprint density at radius 1 is 1.30 bits per heavy atom. The number of hydrogen-bond acceptors (Lipinski definition) is 7. The van der Waals surface area contributed by atoms with E-state index in [-0.39, 0.29) is 12.6 Å². The van der Waals surface area contributed by atoms with E-state index in [0.29, 0.717) is 29.4 Å². The second-order valence-corrected chi connectivity index (χ2v) is 7.51. The van der Waals surface area contributed by atoms with Crippen LogP contribution in [0.5, 0.6) is 5.75 Å². The summed E-state index contributed by atoms with van der Waals surface area (Å²) in [5.74, 6) is -2.13. The molecule has 0 bridgehead atoms. The molecule has 2 aromatic carbocycles. The molecule has 1 fully saturated rings. The smallest absolute Gasteiger partial charge is 0.344 e. The number of benzene rings is 2. The Labute approximate surface area is 179 Å². The Bertz CT molecular complexity index is 903. The minimum absolute atomic E-state index is 0.125. The Kier molecular flexibility index (Phi) is 6.97. The van der Waals surface area contributed by atoms with Gasteiger partial charge >= 0.3 is 11.9 Å². The molecule has 1 aliphatic heterocycles.